The first-order valence-corrected chi connectivity index (χ1v) is 8.69. The van der Waals surface area contributed by atoms with Gasteiger partial charge in [0.25, 0.3) is 5.91 Å². The van der Waals surface area contributed by atoms with Crippen molar-refractivity contribution < 1.29 is 4.79 Å². The van der Waals surface area contributed by atoms with Crippen LogP contribution >= 0.6 is 0 Å². The summed E-state index contributed by atoms with van der Waals surface area (Å²) in [7, 11) is 5.90. The lowest BCUT2D eigenvalue weighted by Crippen LogP contribution is -2.43. The van der Waals surface area contributed by atoms with Crippen LogP contribution in [0.15, 0.2) is 36.7 Å². The van der Waals surface area contributed by atoms with Gasteiger partial charge >= 0.3 is 0 Å². The maximum atomic E-state index is 13.0. The summed E-state index contributed by atoms with van der Waals surface area (Å²) < 4.78 is 1.91. The third kappa shape index (κ3) is 2.71. The van der Waals surface area contributed by atoms with Crippen LogP contribution in [0.5, 0.6) is 0 Å². The monoisotopic (exact) mass is 337 g/mol. The largest absolute Gasteiger partial charge is 0.376 e. The molecule has 0 radical (unpaired) electrons. The molecule has 4 heterocycles. The number of hydrogen-bond acceptors (Lipinski definition) is 4. The van der Waals surface area contributed by atoms with E-state index < -0.39 is 0 Å². The van der Waals surface area contributed by atoms with E-state index in [1.54, 1.807) is 6.20 Å². The third-order valence-corrected chi connectivity index (χ3v) is 5.26. The number of amides is 1. The van der Waals surface area contributed by atoms with Gasteiger partial charge in [-0.3, -0.25) is 9.48 Å². The normalized spacial score (nSPS) is 22.0. The van der Waals surface area contributed by atoms with Crippen LogP contribution in [0.1, 0.15) is 35.4 Å². The molecular formula is C19H23N5O. The molecule has 6 heteroatoms. The molecule has 2 aliphatic heterocycles. The van der Waals surface area contributed by atoms with E-state index in [2.05, 4.69) is 16.2 Å². The Balaban J connectivity index is 1.59. The topological polar surface area (TPSA) is 54.3 Å². The van der Waals surface area contributed by atoms with Crippen molar-refractivity contribution in [2.45, 2.75) is 31.3 Å². The van der Waals surface area contributed by atoms with Crippen LogP contribution in [0.4, 0.5) is 5.69 Å². The summed E-state index contributed by atoms with van der Waals surface area (Å²) >= 11 is 0. The second-order valence-corrected chi connectivity index (χ2v) is 7.04. The quantitative estimate of drug-likeness (QED) is 0.863. The average Bonchev–Trinajstić information content (AvgIpc) is 3.15. The lowest BCUT2D eigenvalue weighted by Gasteiger charge is -2.34. The smallest absolute Gasteiger partial charge is 0.273 e. The Hall–Kier alpha value is -2.63. The Kier molecular flexibility index (Phi) is 3.82. The number of anilines is 1. The summed E-state index contributed by atoms with van der Waals surface area (Å²) in [5, 5.41) is 4.27. The fraction of sp³-hybridized carbons (Fsp3) is 0.421. The van der Waals surface area contributed by atoms with Gasteiger partial charge in [-0.15, -0.1) is 0 Å². The van der Waals surface area contributed by atoms with Crippen molar-refractivity contribution in [1.82, 2.24) is 19.7 Å². The van der Waals surface area contributed by atoms with Gasteiger partial charge in [0.15, 0.2) is 0 Å². The van der Waals surface area contributed by atoms with Crippen LogP contribution < -0.4 is 4.90 Å². The summed E-state index contributed by atoms with van der Waals surface area (Å²) in [6.07, 6.45) is 8.78. The zero-order valence-corrected chi connectivity index (χ0v) is 14.9. The molecule has 6 nitrogen and oxygen atoms in total. The lowest BCUT2D eigenvalue weighted by molar-refractivity contribution is 0.0686. The van der Waals surface area contributed by atoms with E-state index in [0.717, 1.165) is 30.6 Å². The van der Waals surface area contributed by atoms with Crippen molar-refractivity contribution in [3.63, 3.8) is 0 Å². The highest BCUT2D eigenvalue weighted by Gasteiger charge is 2.40. The number of pyridine rings is 1. The number of aryl methyl sites for hydroxylation is 1. The summed E-state index contributed by atoms with van der Waals surface area (Å²) in [4.78, 5) is 21.4. The molecular weight excluding hydrogens is 314 g/mol. The molecule has 0 N–H and O–H groups in total. The predicted molar refractivity (Wildman–Crippen MR) is 97.3 cm³/mol. The highest BCUT2D eigenvalue weighted by Crippen LogP contribution is 2.39. The zero-order chi connectivity index (χ0) is 17.6. The summed E-state index contributed by atoms with van der Waals surface area (Å²) in [6, 6.07) is 6.24. The Bertz CT molecular complexity index is 821. The summed E-state index contributed by atoms with van der Waals surface area (Å²) in [6.45, 7) is 0. The number of rotatable bonds is 3. The molecule has 2 atom stereocenters. The molecule has 4 rings (SSSR count). The van der Waals surface area contributed by atoms with E-state index in [9.17, 15) is 4.79 Å². The Morgan fingerprint density at radius 1 is 1.24 bits per heavy atom. The average molecular weight is 337 g/mol. The zero-order valence-electron chi connectivity index (χ0n) is 14.9. The lowest BCUT2D eigenvalue weighted by atomic mass is 9.98. The van der Waals surface area contributed by atoms with Gasteiger partial charge < -0.3 is 9.80 Å². The van der Waals surface area contributed by atoms with Gasteiger partial charge in [0, 0.05) is 33.4 Å². The number of hydrogen-bond donors (Lipinski definition) is 0. The first-order valence-electron chi connectivity index (χ1n) is 8.69. The van der Waals surface area contributed by atoms with Crippen molar-refractivity contribution in [2.75, 3.05) is 19.0 Å². The second kappa shape index (κ2) is 6.02. The van der Waals surface area contributed by atoms with Gasteiger partial charge in [0.1, 0.15) is 5.69 Å². The predicted octanol–water partition coefficient (Wildman–Crippen LogP) is 2.34. The van der Waals surface area contributed by atoms with Crippen molar-refractivity contribution in [3.05, 3.63) is 48.1 Å². The van der Waals surface area contributed by atoms with Crippen molar-refractivity contribution in [2.24, 2.45) is 7.05 Å². The highest BCUT2D eigenvalue weighted by molar-refractivity contribution is 5.94. The Morgan fingerprint density at radius 3 is 2.68 bits per heavy atom. The van der Waals surface area contributed by atoms with Crippen LogP contribution in [-0.4, -0.2) is 51.8 Å². The molecule has 0 spiro atoms. The molecule has 0 saturated carbocycles. The Labute approximate surface area is 147 Å². The minimum atomic E-state index is 0.0399. The number of nitrogens with zero attached hydrogens (tertiary/aromatic N) is 5. The first-order chi connectivity index (χ1) is 12.0. The number of carbonyl (C=O) groups excluding carboxylic acids is 1. The maximum absolute atomic E-state index is 13.0. The van der Waals surface area contributed by atoms with E-state index in [4.69, 9.17) is 0 Å². The summed E-state index contributed by atoms with van der Waals surface area (Å²) in [5.41, 5.74) is 3.97. The number of carbonyl (C=O) groups is 1. The SMILES string of the molecule is CN(C)c1ccc(C(=O)N2C3C=C(c4ccnn4C)CC2CC3)nc1. The Morgan fingerprint density at radius 2 is 2.08 bits per heavy atom. The van der Waals surface area contributed by atoms with Crippen LogP contribution in [-0.2, 0) is 7.05 Å². The molecule has 130 valence electrons. The van der Waals surface area contributed by atoms with E-state index in [1.165, 1.54) is 5.57 Å². The highest BCUT2D eigenvalue weighted by atomic mass is 16.2. The van der Waals surface area contributed by atoms with Gasteiger partial charge in [0.05, 0.1) is 23.6 Å². The number of aromatic nitrogens is 3. The van der Waals surface area contributed by atoms with E-state index >= 15 is 0 Å². The van der Waals surface area contributed by atoms with Gasteiger partial charge in [0.2, 0.25) is 0 Å². The van der Waals surface area contributed by atoms with Crippen molar-refractivity contribution in [3.8, 4) is 0 Å². The van der Waals surface area contributed by atoms with E-state index in [0.29, 0.717) is 5.69 Å². The molecule has 0 aliphatic carbocycles. The molecule has 2 unspecified atom stereocenters. The molecule has 25 heavy (non-hydrogen) atoms. The second-order valence-electron chi connectivity index (χ2n) is 7.04. The molecule has 1 saturated heterocycles. The number of fused-ring (bicyclic) bond motifs is 2. The van der Waals surface area contributed by atoms with Gasteiger partial charge in [-0.25, -0.2) is 4.98 Å². The molecule has 0 aromatic carbocycles. The van der Waals surface area contributed by atoms with Crippen LogP contribution in [0.3, 0.4) is 0 Å². The molecule has 2 aliphatic rings. The standard InChI is InChI=1S/C19H23N5O/c1-22(2)16-6-7-17(20-12-16)19(25)24-14-4-5-15(24)11-13(10-14)18-8-9-21-23(18)3/h6-10,12,14-15H,4-5,11H2,1-3H3. The molecule has 1 fully saturated rings. The van der Waals surface area contributed by atoms with Gasteiger partial charge in [-0.05, 0) is 43.0 Å². The third-order valence-electron chi connectivity index (χ3n) is 5.26. The molecule has 2 aromatic rings. The van der Waals surface area contributed by atoms with E-state index in [1.807, 2.05) is 60.0 Å². The first kappa shape index (κ1) is 15.9. The summed E-state index contributed by atoms with van der Waals surface area (Å²) in [5.74, 6) is 0.0399. The van der Waals surface area contributed by atoms with Crippen LogP contribution in [0.25, 0.3) is 5.57 Å². The van der Waals surface area contributed by atoms with Crippen LogP contribution in [0, 0.1) is 0 Å². The minimum absolute atomic E-state index is 0.0399. The molecule has 2 aromatic heterocycles. The molecule has 2 bridgehead atoms. The maximum Gasteiger partial charge on any atom is 0.273 e. The van der Waals surface area contributed by atoms with E-state index in [-0.39, 0.29) is 18.0 Å². The van der Waals surface area contributed by atoms with Gasteiger partial charge in [-0.2, -0.15) is 5.10 Å². The van der Waals surface area contributed by atoms with Crippen molar-refractivity contribution >= 4 is 17.2 Å². The van der Waals surface area contributed by atoms with Crippen LogP contribution in [0.2, 0.25) is 0 Å². The molecule has 1 amide bonds. The fourth-order valence-electron chi connectivity index (χ4n) is 3.93. The van der Waals surface area contributed by atoms with Gasteiger partial charge in [-0.1, -0.05) is 6.08 Å². The van der Waals surface area contributed by atoms with Crippen molar-refractivity contribution in [1.29, 1.82) is 0 Å². The minimum Gasteiger partial charge on any atom is -0.376 e. The fourth-order valence-corrected chi connectivity index (χ4v) is 3.93.